The quantitative estimate of drug-likeness (QED) is 0.545. The molecule has 142 valence electrons. The molecule has 0 radical (unpaired) electrons. The molecule has 2 rings (SSSR count). The third-order valence-electron chi connectivity index (χ3n) is 3.43. The van der Waals surface area contributed by atoms with Crippen molar-refractivity contribution in [2.45, 2.75) is 16.3 Å². The maximum Gasteiger partial charge on any atom is 0.417 e. The molecule has 0 bridgehead atoms. The fraction of sp³-hybridized carbons (Fsp3) is 0.188. The standard InChI is InChI=1S/C16H11ClF3N3O3S/c1-26-23-9-15(10-2-4-12(17)5-3-10)27(24,25)14-6-11(16(18,19)20)8-22-13(14)7-21/h2-6,8-9,15H,1H3/b23-9-/t15-/m1/s1. The van der Waals surface area contributed by atoms with E-state index in [-0.39, 0.29) is 5.56 Å². The van der Waals surface area contributed by atoms with E-state index in [4.69, 9.17) is 16.9 Å². The Morgan fingerprint density at radius 3 is 2.48 bits per heavy atom. The Labute approximate surface area is 157 Å². The van der Waals surface area contributed by atoms with E-state index >= 15 is 0 Å². The van der Waals surface area contributed by atoms with Gasteiger partial charge in [-0.1, -0.05) is 28.9 Å². The lowest BCUT2D eigenvalue weighted by Gasteiger charge is -2.16. The van der Waals surface area contributed by atoms with Crippen LogP contribution in [0.3, 0.4) is 0 Å². The summed E-state index contributed by atoms with van der Waals surface area (Å²) in [6.45, 7) is 0. The zero-order valence-corrected chi connectivity index (χ0v) is 15.2. The van der Waals surface area contributed by atoms with E-state index < -0.39 is 37.4 Å². The number of hydrogen-bond donors (Lipinski definition) is 0. The van der Waals surface area contributed by atoms with Crippen LogP contribution in [0.15, 0.2) is 46.6 Å². The minimum absolute atomic E-state index is 0.168. The average molecular weight is 418 g/mol. The van der Waals surface area contributed by atoms with Gasteiger partial charge in [0, 0.05) is 11.2 Å². The molecule has 0 spiro atoms. The van der Waals surface area contributed by atoms with Crippen molar-refractivity contribution in [1.29, 1.82) is 5.26 Å². The fourth-order valence-corrected chi connectivity index (χ4v) is 3.94. The highest BCUT2D eigenvalue weighted by Crippen LogP contribution is 2.34. The van der Waals surface area contributed by atoms with Gasteiger partial charge in [-0.05, 0) is 23.8 Å². The van der Waals surface area contributed by atoms with Gasteiger partial charge in [-0.25, -0.2) is 13.4 Å². The van der Waals surface area contributed by atoms with E-state index in [1.807, 2.05) is 0 Å². The van der Waals surface area contributed by atoms with Gasteiger partial charge in [-0.3, -0.25) is 0 Å². The lowest BCUT2D eigenvalue weighted by atomic mass is 10.2. The van der Waals surface area contributed by atoms with Crippen molar-refractivity contribution in [2.75, 3.05) is 7.11 Å². The van der Waals surface area contributed by atoms with Crippen LogP contribution in [0.25, 0.3) is 0 Å². The Morgan fingerprint density at radius 1 is 1.33 bits per heavy atom. The summed E-state index contributed by atoms with van der Waals surface area (Å²) in [6, 6.07) is 7.45. The molecule has 2 aromatic rings. The van der Waals surface area contributed by atoms with Gasteiger partial charge < -0.3 is 4.84 Å². The summed E-state index contributed by atoms with van der Waals surface area (Å²) in [7, 11) is -3.35. The third kappa shape index (κ3) is 4.56. The van der Waals surface area contributed by atoms with Gasteiger partial charge in [0.1, 0.15) is 23.3 Å². The number of alkyl halides is 3. The maximum atomic E-state index is 13.0. The number of pyridine rings is 1. The van der Waals surface area contributed by atoms with Crippen LogP contribution in [0.2, 0.25) is 5.02 Å². The van der Waals surface area contributed by atoms with Crippen molar-refractivity contribution in [2.24, 2.45) is 5.16 Å². The molecule has 1 aromatic heterocycles. The minimum Gasteiger partial charge on any atom is -0.399 e. The SMILES string of the molecule is CO/N=C\[C@H](c1ccc(Cl)cc1)S(=O)(=O)c1cc(C(F)(F)F)cnc1C#N. The van der Waals surface area contributed by atoms with Crippen LogP contribution in [-0.4, -0.2) is 26.7 Å². The van der Waals surface area contributed by atoms with Gasteiger partial charge >= 0.3 is 6.18 Å². The van der Waals surface area contributed by atoms with Crippen molar-refractivity contribution < 1.29 is 26.4 Å². The van der Waals surface area contributed by atoms with Crippen LogP contribution in [0.1, 0.15) is 22.1 Å². The molecule has 0 unspecified atom stereocenters. The Balaban J connectivity index is 2.70. The molecule has 0 fully saturated rings. The molecule has 0 saturated carbocycles. The van der Waals surface area contributed by atoms with Crippen molar-refractivity contribution in [3.63, 3.8) is 0 Å². The molecule has 0 saturated heterocycles. The topological polar surface area (TPSA) is 92.4 Å². The smallest absolute Gasteiger partial charge is 0.399 e. The molecule has 0 aliphatic heterocycles. The van der Waals surface area contributed by atoms with Crippen LogP contribution in [0.5, 0.6) is 0 Å². The molecular formula is C16H11ClF3N3O3S. The summed E-state index contributed by atoms with van der Waals surface area (Å²) in [6.07, 6.45) is -3.53. The first-order valence-corrected chi connectivity index (χ1v) is 9.07. The molecule has 1 heterocycles. The third-order valence-corrected chi connectivity index (χ3v) is 5.67. The van der Waals surface area contributed by atoms with E-state index in [2.05, 4.69) is 15.0 Å². The highest BCUT2D eigenvalue weighted by Gasteiger charge is 2.36. The largest absolute Gasteiger partial charge is 0.417 e. The Morgan fingerprint density at radius 2 is 1.96 bits per heavy atom. The Bertz CT molecular complexity index is 1000. The molecular weight excluding hydrogens is 407 g/mol. The number of sulfone groups is 1. The highest BCUT2D eigenvalue weighted by atomic mass is 35.5. The van der Waals surface area contributed by atoms with Gasteiger partial charge in [-0.15, -0.1) is 0 Å². The number of aromatic nitrogens is 1. The van der Waals surface area contributed by atoms with Crippen LogP contribution in [-0.2, 0) is 20.9 Å². The normalized spacial score (nSPS) is 13.3. The molecule has 0 aliphatic carbocycles. The Hall–Kier alpha value is -2.64. The van der Waals surface area contributed by atoms with Crippen LogP contribution < -0.4 is 0 Å². The zero-order valence-electron chi connectivity index (χ0n) is 13.6. The molecule has 6 nitrogen and oxygen atoms in total. The molecule has 1 atom stereocenters. The number of hydrogen-bond acceptors (Lipinski definition) is 6. The summed E-state index contributed by atoms with van der Waals surface area (Å²) in [5, 5.41) is 11.3. The van der Waals surface area contributed by atoms with E-state index in [0.29, 0.717) is 17.3 Å². The molecule has 11 heteroatoms. The van der Waals surface area contributed by atoms with Crippen molar-refractivity contribution in [1.82, 2.24) is 4.98 Å². The summed E-state index contributed by atoms with van der Waals surface area (Å²) in [5.74, 6) is 0. The van der Waals surface area contributed by atoms with E-state index in [1.165, 1.54) is 37.4 Å². The molecule has 1 aromatic carbocycles. The average Bonchev–Trinajstić information content (AvgIpc) is 2.62. The highest BCUT2D eigenvalue weighted by molar-refractivity contribution is 7.92. The first-order valence-electron chi connectivity index (χ1n) is 7.14. The molecule has 0 aliphatic rings. The molecule has 0 amide bonds. The van der Waals surface area contributed by atoms with Gasteiger partial charge in [0.05, 0.1) is 11.8 Å². The second-order valence-electron chi connectivity index (χ2n) is 5.13. The number of halogens is 4. The summed E-state index contributed by atoms with van der Waals surface area (Å²) in [4.78, 5) is 6.99. The number of oxime groups is 1. The van der Waals surface area contributed by atoms with Crippen molar-refractivity contribution >= 4 is 27.7 Å². The van der Waals surface area contributed by atoms with Gasteiger partial charge in [-0.2, -0.15) is 18.4 Å². The Kier molecular flexibility index (Phi) is 6.08. The van der Waals surface area contributed by atoms with E-state index in [0.717, 1.165) is 6.21 Å². The second kappa shape index (κ2) is 7.94. The summed E-state index contributed by atoms with van der Waals surface area (Å²) < 4.78 is 65.0. The van der Waals surface area contributed by atoms with Crippen LogP contribution in [0.4, 0.5) is 13.2 Å². The maximum absolute atomic E-state index is 13.0. The molecule has 27 heavy (non-hydrogen) atoms. The van der Waals surface area contributed by atoms with E-state index in [1.54, 1.807) is 0 Å². The summed E-state index contributed by atoms with van der Waals surface area (Å²) in [5.41, 5.74) is -1.78. The van der Waals surface area contributed by atoms with Crippen LogP contribution in [0, 0.1) is 11.3 Å². The van der Waals surface area contributed by atoms with Gasteiger partial charge in [0.15, 0.2) is 15.5 Å². The second-order valence-corrected chi connectivity index (χ2v) is 7.61. The minimum atomic E-state index is -4.83. The lowest BCUT2D eigenvalue weighted by molar-refractivity contribution is -0.138. The fourth-order valence-electron chi connectivity index (χ4n) is 2.15. The van der Waals surface area contributed by atoms with Gasteiger partial charge in [0.2, 0.25) is 0 Å². The number of nitrogens with zero attached hydrogens (tertiary/aromatic N) is 3. The zero-order chi connectivity index (χ0) is 20.2. The number of benzene rings is 1. The predicted octanol–water partition coefficient (Wildman–Crippen LogP) is 3.77. The van der Waals surface area contributed by atoms with Crippen molar-refractivity contribution in [3.05, 3.63) is 58.4 Å². The molecule has 0 N–H and O–H groups in total. The monoisotopic (exact) mass is 417 g/mol. The van der Waals surface area contributed by atoms with Gasteiger partial charge in [0.25, 0.3) is 0 Å². The predicted molar refractivity (Wildman–Crippen MR) is 90.8 cm³/mol. The number of rotatable bonds is 5. The summed E-state index contributed by atoms with van der Waals surface area (Å²) >= 11 is 5.78. The first kappa shape index (κ1) is 20.7. The lowest BCUT2D eigenvalue weighted by Crippen LogP contribution is -2.18. The van der Waals surface area contributed by atoms with E-state index in [9.17, 15) is 21.6 Å². The van der Waals surface area contributed by atoms with Crippen LogP contribution >= 0.6 is 11.6 Å². The van der Waals surface area contributed by atoms with Crippen molar-refractivity contribution in [3.8, 4) is 6.07 Å². The number of nitriles is 1. The first-order chi connectivity index (χ1) is 12.6.